The third-order valence-electron chi connectivity index (χ3n) is 0. The molecule has 0 aromatic rings. The maximum atomic E-state index is 9.00. The predicted octanol–water partition coefficient (Wildman–Crippen LogP) is 3.76. The van der Waals surface area contributed by atoms with Crippen molar-refractivity contribution in [1.82, 2.24) is 0 Å². The summed E-state index contributed by atoms with van der Waals surface area (Å²) in [6.45, 7) is 17.9. The number of aliphatic carboxylic acids is 2. The Morgan fingerprint density at radius 3 is 0.765 bits per heavy atom. The van der Waals surface area contributed by atoms with Gasteiger partial charge in [0.15, 0.2) is 0 Å². The van der Waals surface area contributed by atoms with Crippen molar-refractivity contribution in [2.24, 2.45) is 0 Å². The highest BCUT2D eigenvalue weighted by atomic mass is 16.4. The first-order valence-corrected chi connectivity index (χ1v) is 4.81. The van der Waals surface area contributed by atoms with Crippen molar-refractivity contribution in [3.05, 3.63) is 38.0 Å². The zero-order valence-electron chi connectivity index (χ0n) is 11.6. The fourth-order valence-corrected chi connectivity index (χ4v) is 0. The molecule has 4 heteroatoms. The summed E-state index contributed by atoms with van der Waals surface area (Å²) in [5.41, 5.74) is 0. The van der Waals surface area contributed by atoms with E-state index in [1.54, 1.807) is 18.2 Å². The highest BCUT2D eigenvalue weighted by molar-refractivity contribution is 5.63. The molecule has 0 aliphatic carbocycles. The van der Waals surface area contributed by atoms with Gasteiger partial charge in [-0.3, -0.25) is 9.59 Å². The summed E-state index contributed by atoms with van der Waals surface area (Å²) in [4.78, 5) is 18.0. The van der Waals surface area contributed by atoms with E-state index in [9.17, 15) is 0 Å². The second-order valence-electron chi connectivity index (χ2n) is 2.26. The minimum Gasteiger partial charge on any atom is -0.481 e. The smallest absolute Gasteiger partial charge is 0.300 e. The van der Waals surface area contributed by atoms with Crippen molar-refractivity contribution in [1.29, 1.82) is 0 Å². The molecule has 0 fully saturated rings. The zero-order valence-corrected chi connectivity index (χ0v) is 11.6. The van der Waals surface area contributed by atoms with Crippen molar-refractivity contribution in [2.75, 3.05) is 0 Å². The number of hydrogen-bond donors (Lipinski definition) is 2. The number of carbonyl (C=O) groups is 2. The standard InChI is InChI=1S/3C3H6.2C2H4O2/c3*1-3-2;2*1-2(3)4/h3*3H,1H2,2H3;2*1H3,(H,3,4). The molecule has 0 atom stereocenters. The zero-order chi connectivity index (χ0) is 15.3. The number of allylic oxidation sites excluding steroid dienone is 3. The third-order valence-corrected chi connectivity index (χ3v) is 0. The molecule has 102 valence electrons. The van der Waals surface area contributed by atoms with E-state index in [2.05, 4.69) is 19.7 Å². The van der Waals surface area contributed by atoms with E-state index in [0.717, 1.165) is 13.8 Å². The van der Waals surface area contributed by atoms with E-state index >= 15 is 0 Å². The Labute approximate surface area is 105 Å². The first kappa shape index (κ1) is 29.4. The molecule has 4 nitrogen and oxygen atoms in total. The van der Waals surface area contributed by atoms with Crippen LogP contribution in [0.5, 0.6) is 0 Å². The Morgan fingerprint density at radius 1 is 0.765 bits per heavy atom. The molecule has 0 aromatic heterocycles. The largest absolute Gasteiger partial charge is 0.481 e. The Morgan fingerprint density at radius 2 is 0.765 bits per heavy atom. The molecule has 2 N–H and O–H groups in total. The van der Waals surface area contributed by atoms with Crippen LogP contribution in [0.3, 0.4) is 0 Å². The molecular weight excluding hydrogens is 220 g/mol. The minimum atomic E-state index is -0.833. The number of carboxylic acid groups (broad SMARTS) is 2. The summed E-state index contributed by atoms with van der Waals surface area (Å²) < 4.78 is 0. The normalized spacial score (nSPS) is 5.24. The van der Waals surface area contributed by atoms with E-state index in [0.29, 0.717) is 0 Å². The van der Waals surface area contributed by atoms with Crippen molar-refractivity contribution < 1.29 is 19.8 Å². The van der Waals surface area contributed by atoms with Crippen LogP contribution in [0.4, 0.5) is 0 Å². The van der Waals surface area contributed by atoms with Crippen molar-refractivity contribution >= 4 is 11.9 Å². The molecule has 0 heterocycles. The van der Waals surface area contributed by atoms with Crippen molar-refractivity contribution in [3.8, 4) is 0 Å². The van der Waals surface area contributed by atoms with Crippen LogP contribution in [0.2, 0.25) is 0 Å². The summed E-state index contributed by atoms with van der Waals surface area (Å²) in [6.07, 6.45) is 5.25. The second-order valence-corrected chi connectivity index (χ2v) is 2.26. The van der Waals surface area contributed by atoms with Gasteiger partial charge in [-0.1, -0.05) is 18.2 Å². The van der Waals surface area contributed by atoms with E-state index in [4.69, 9.17) is 19.8 Å². The molecule has 0 amide bonds. The first-order valence-electron chi connectivity index (χ1n) is 4.81. The van der Waals surface area contributed by atoms with Gasteiger partial charge in [0.25, 0.3) is 11.9 Å². The molecule has 0 radical (unpaired) electrons. The van der Waals surface area contributed by atoms with Gasteiger partial charge in [-0.25, -0.2) is 0 Å². The van der Waals surface area contributed by atoms with Crippen molar-refractivity contribution in [3.63, 3.8) is 0 Å². The molecule has 0 aliphatic heterocycles. The monoisotopic (exact) mass is 246 g/mol. The maximum Gasteiger partial charge on any atom is 0.300 e. The predicted molar refractivity (Wildman–Crippen MR) is 74.2 cm³/mol. The molecule has 0 bridgehead atoms. The quantitative estimate of drug-likeness (QED) is 0.638. The Balaban J connectivity index is -0.0000000356. The average molecular weight is 246 g/mol. The number of hydrogen-bond acceptors (Lipinski definition) is 2. The fourth-order valence-electron chi connectivity index (χ4n) is 0. The van der Waals surface area contributed by atoms with E-state index in [-0.39, 0.29) is 0 Å². The summed E-state index contributed by atoms with van der Waals surface area (Å²) in [7, 11) is 0. The van der Waals surface area contributed by atoms with Crippen molar-refractivity contribution in [2.45, 2.75) is 34.6 Å². The lowest BCUT2D eigenvalue weighted by Crippen LogP contribution is -1.78. The van der Waals surface area contributed by atoms with E-state index in [1.807, 2.05) is 20.8 Å². The van der Waals surface area contributed by atoms with Gasteiger partial charge >= 0.3 is 0 Å². The first-order chi connectivity index (χ1) is 7.71. The Kier molecular flexibility index (Phi) is 82.9. The Hall–Kier alpha value is -1.84. The molecule has 0 rings (SSSR count). The van der Waals surface area contributed by atoms with Gasteiger partial charge in [-0.05, 0) is 20.8 Å². The molecular formula is C13H26O4. The van der Waals surface area contributed by atoms with Gasteiger partial charge in [0.1, 0.15) is 0 Å². The molecule has 0 aliphatic rings. The second kappa shape index (κ2) is 47.8. The minimum absolute atomic E-state index is 0.833. The van der Waals surface area contributed by atoms with Gasteiger partial charge < -0.3 is 10.2 Å². The number of carboxylic acids is 2. The van der Waals surface area contributed by atoms with Crippen LogP contribution in [-0.4, -0.2) is 22.2 Å². The summed E-state index contributed by atoms with van der Waals surface area (Å²) in [5.74, 6) is -1.67. The average Bonchev–Trinajstić information content (AvgIpc) is 2.03. The topological polar surface area (TPSA) is 74.6 Å². The van der Waals surface area contributed by atoms with Crippen LogP contribution in [0, 0.1) is 0 Å². The van der Waals surface area contributed by atoms with Crippen LogP contribution < -0.4 is 0 Å². The lowest BCUT2D eigenvalue weighted by atomic mass is 10.8. The van der Waals surface area contributed by atoms with E-state index < -0.39 is 11.9 Å². The summed E-state index contributed by atoms with van der Waals surface area (Å²) in [5, 5.41) is 14.8. The molecule has 17 heavy (non-hydrogen) atoms. The van der Waals surface area contributed by atoms with Gasteiger partial charge in [0, 0.05) is 13.8 Å². The van der Waals surface area contributed by atoms with E-state index in [1.165, 1.54) is 0 Å². The van der Waals surface area contributed by atoms with Crippen LogP contribution in [-0.2, 0) is 9.59 Å². The van der Waals surface area contributed by atoms with Crippen LogP contribution in [0.15, 0.2) is 38.0 Å². The molecule has 0 aromatic carbocycles. The third kappa shape index (κ3) is 618. The summed E-state index contributed by atoms with van der Waals surface area (Å²) in [6, 6.07) is 0. The number of rotatable bonds is 0. The van der Waals surface area contributed by atoms with Gasteiger partial charge in [-0.15, -0.1) is 19.7 Å². The van der Waals surface area contributed by atoms with Crippen LogP contribution in [0.1, 0.15) is 34.6 Å². The molecule has 0 saturated heterocycles. The molecule has 0 spiro atoms. The highest BCUT2D eigenvalue weighted by Gasteiger charge is 1.65. The highest BCUT2D eigenvalue weighted by Crippen LogP contribution is 1.42. The molecule has 0 unspecified atom stereocenters. The fraction of sp³-hybridized carbons (Fsp3) is 0.385. The lowest BCUT2D eigenvalue weighted by Gasteiger charge is -1.59. The Bertz CT molecular complexity index is 150. The van der Waals surface area contributed by atoms with Gasteiger partial charge in [0.2, 0.25) is 0 Å². The van der Waals surface area contributed by atoms with Crippen LogP contribution in [0.25, 0.3) is 0 Å². The summed E-state index contributed by atoms with van der Waals surface area (Å²) >= 11 is 0. The molecule has 0 saturated carbocycles. The van der Waals surface area contributed by atoms with Gasteiger partial charge in [0.05, 0.1) is 0 Å². The SMILES string of the molecule is C=CC.C=CC.C=CC.CC(=O)O.CC(=O)O. The maximum absolute atomic E-state index is 9.00. The lowest BCUT2D eigenvalue weighted by molar-refractivity contribution is -0.135. The van der Waals surface area contributed by atoms with Crippen LogP contribution >= 0.6 is 0 Å². The van der Waals surface area contributed by atoms with Gasteiger partial charge in [-0.2, -0.15) is 0 Å².